The molecule has 1 aliphatic rings. The van der Waals surface area contributed by atoms with Gasteiger partial charge in [0.2, 0.25) is 0 Å². The van der Waals surface area contributed by atoms with Crippen LogP contribution in [0.25, 0.3) is 10.9 Å². The fourth-order valence-corrected chi connectivity index (χ4v) is 5.75. The molecule has 4 aromatic rings. The zero-order chi connectivity index (χ0) is 24.4. The van der Waals surface area contributed by atoms with E-state index in [1.807, 2.05) is 35.7 Å². The average molecular weight is 485 g/mol. The van der Waals surface area contributed by atoms with Gasteiger partial charge in [0.1, 0.15) is 5.69 Å². The lowest BCUT2D eigenvalue weighted by Gasteiger charge is -2.30. The molecule has 0 spiro atoms. The SMILES string of the molecule is CC(C)(C)c1ccccc1NC(=O)c1csc(C2CCN(Cc3ccc4ccccc4n3)CC2)n1. The highest BCUT2D eigenvalue weighted by Gasteiger charge is 2.25. The summed E-state index contributed by atoms with van der Waals surface area (Å²) < 4.78 is 0. The topological polar surface area (TPSA) is 58.1 Å². The Morgan fingerprint density at radius 2 is 1.74 bits per heavy atom. The summed E-state index contributed by atoms with van der Waals surface area (Å²) in [6.07, 6.45) is 2.10. The molecule has 6 heteroatoms. The molecule has 2 aromatic heterocycles. The molecule has 0 aliphatic carbocycles. The molecule has 5 rings (SSSR count). The van der Waals surface area contributed by atoms with E-state index in [0.717, 1.165) is 59.9 Å². The van der Waals surface area contributed by atoms with Crippen LogP contribution in [0.4, 0.5) is 5.69 Å². The van der Waals surface area contributed by atoms with Gasteiger partial charge in [0.05, 0.1) is 16.2 Å². The van der Waals surface area contributed by atoms with E-state index < -0.39 is 0 Å². The first kappa shape index (κ1) is 23.6. The molecular weight excluding hydrogens is 452 g/mol. The molecule has 1 fully saturated rings. The zero-order valence-corrected chi connectivity index (χ0v) is 21.4. The van der Waals surface area contributed by atoms with Crippen molar-refractivity contribution in [1.82, 2.24) is 14.9 Å². The van der Waals surface area contributed by atoms with Gasteiger partial charge >= 0.3 is 0 Å². The maximum absolute atomic E-state index is 13.0. The molecule has 1 amide bonds. The van der Waals surface area contributed by atoms with E-state index in [9.17, 15) is 4.79 Å². The van der Waals surface area contributed by atoms with Crippen molar-refractivity contribution in [3.05, 3.63) is 88.0 Å². The van der Waals surface area contributed by atoms with Gasteiger partial charge < -0.3 is 5.32 Å². The van der Waals surface area contributed by atoms with Crippen LogP contribution < -0.4 is 5.32 Å². The number of carbonyl (C=O) groups excluding carboxylic acids is 1. The normalized spacial score (nSPS) is 15.4. The monoisotopic (exact) mass is 484 g/mol. The summed E-state index contributed by atoms with van der Waals surface area (Å²) in [6.45, 7) is 9.36. The van der Waals surface area contributed by atoms with Gasteiger partial charge in [0, 0.05) is 28.9 Å². The van der Waals surface area contributed by atoms with E-state index in [-0.39, 0.29) is 11.3 Å². The number of fused-ring (bicyclic) bond motifs is 1. The summed E-state index contributed by atoms with van der Waals surface area (Å²) in [5.41, 5.74) is 4.61. The molecule has 0 saturated carbocycles. The van der Waals surface area contributed by atoms with E-state index >= 15 is 0 Å². The summed E-state index contributed by atoms with van der Waals surface area (Å²) >= 11 is 1.61. The van der Waals surface area contributed by atoms with Crippen molar-refractivity contribution >= 4 is 33.8 Å². The van der Waals surface area contributed by atoms with Gasteiger partial charge in [-0.3, -0.25) is 14.7 Å². The third-order valence-corrected chi connectivity index (χ3v) is 7.72. The van der Waals surface area contributed by atoms with Crippen LogP contribution in [0.5, 0.6) is 0 Å². The number of anilines is 1. The Labute approximate surface area is 211 Å². The third-order valence-electron chi connectivity index (χ3n) is 6.72. The van der Waals surface area contributed by atoms with Crippen molar-refractivity contribution in [2.75, 3.05) is 18.4 Å². The van der Waals surface area contributed by atoms with E-state index in [0.29, 0.717) is 11.6 Å². The van der Waals surface area contributed by atoms with Crippen molar-refractivity contribution < 1.29 is 4.79 Å². The number of hydrogen-bond acceptors (Lipinski definition) is 5. The Kier molecular flexibility index (Phi) is 6.67. The van der Waals surface area contributed by atoms with Gasteiger partial charge in [-0.25, -0.2) is 4.98 Å². The minimum atomic E-state index is -0.135. The maximum Gasteiger partial charge on any atom is 0.275 e. The molecular formula is C29H32N4OS. The Morgan fingerprint density at radius 1 is 1.00 bits per heavy atom. The number of thiazole rings is 1. The summed E-state index contributed by atoms with van der Waals surface area (Å²) in [5.74, 6) is 0.272. The standard InChI is InChI=1S/C29H32N4OS/c1-29(2,3)23-9-5-7-11-25(23)31-27(34)26-19-35-28(32-26)21-14-16-33(17-15-21)18-22-13-12-20-8-4-6-10-24(20)30-22/h4-13,19,21H,14-18H2,1-3H3,(H,31,34). The van der Waals surface area contributed by atoms with E-state index in [1.165, 1.54) is 5.39 Å². The quantitative estimate of drug-likeness (QED) is 0.346. The number of likely N-dealkylation sites (tertiary alicyclic amines) is 1. The van der Waals surface area contributed by atoms with E-state index in [2.05, 4.69) is 61.3 Å². The first-order chi connectivity index (χ1) is 16.9. The predicted octanol–water partition coefficient (Wildman–Crippen LogP) is 6.62. The van der Waals surface area contributed by atoms with E-state index in [1.54, 1.807) is 11.3 Å². The minimum absolute atomic E-state index is 0.0482. The number of carbonyl (C=O) groups is 1. The number of para-hydroxylation sites is 2. The lowest BCUT2D eigenvalue weighted by Crippen LogP contribution is -2.32. The number of piperidine rings is 1. The van der Waals surface area contributed by atoms with Gasteiger partial charge in [-0.15, -0.1) is 11.3 Å². The van der Waals surface area contributed by atoms with Gasteiger partial charge in [0.25, 0.3) is 5.91 Å². The molecule has 1 aliphatic heterocycles. The number of benzene rings is 2. The highest BCUT2D eigenvalue weighted by molar-refractivity contribution is 7.10. The van der Waals surface area contributed by atoms with Gasteiger partial charge in [0.15, 0.2) is 0 Å². The van der Waals surface area contributed by atoms with Gasteiger partial charge in [-0.2, -0.15) is 0 Å². The van der Waals surface area contributed by atoms with Gasteiger partial charge in [-0.1, -0.05) is 63.2 Å². The maximum atomic E-state index is 13.0. The van der Waals surface area contributed by atoms with Crippen LogP contribution in [0.2, 0.25) is 0 Å². The second-order valence-corrected chi connectivity index (χ2v) is 11.3. The smallest absolute Gasteiger partial charge is 0.275 e. The number of nitrogens with one attached hydrogen (secondary N) is 1. The fraction of sp³-hybridized carbons (Fsp3) is 0.345. The van der Waals surface area contributed by atoms with Crippen LogP contribution in [-0.4, -0.2) is 33.9 Å². The number of aromatic nitrogens is 2. The Hall–Kier alpha value is -3.09. The Bertz CT molecular complexity index is 1330. The highest BCUT2D eigenvalue weighted by Crippen LogP contribution is 2.32. The van der Waals surface area contributed by atoms with Crippen LogP contribution in [-0.2, 0) is 12.0 Å². The van der Waals surface area contributed by atoms with Crippen molar-refractivity contribution in [1.29, 1.82) is 0 Å². The molecule has 2 aromatic carbocycles. The third kappa shape index (κ3) is 5.44. The fourth-order valence-electron chi connectivity index (χ4n) is 4.78. The summed E-state index contributed by atoms with van der Waals surface area (Å²) in [7, 11) is 0. The lowest BCUT2D eigenvalue weighted by atomic mass is 9.86. The van der Waals surface area contributed by atoms with Crippen LogP contribution >= 0.6 is 11.3 Å². The molecule has 3 heterocycles. The van der Waals surface area contributed by atoms with Crippen molar-refractivity contribution in [2.45, 2.75) is 51.5 Å². The number of nitrogens with zero attached hydrogens (tertiary/aromatic N) is 3. The molecule has 0 radical (unpaired) electrons. The molecule has 1 N–H and O–H groups in total. The van der Waals surface area contributed by atoms with Crippen LogP contribution in [0, 0.1) is 0 Å². The van der Waals surface area contributed by atoms with Gasteiger partial charge in [-0.05, 0) is 55.1 Å². The van der Waals surface area contributed by atoms with Crippen molar-refractivity contribution in [3.8, 4) is 0 Å². The molecule has 0 unspecified atom stereocenters. The summed E-state index contributed by atoms with van der Waals surface area (Å²) in [6, 6.07) is 20.6. The molecule has 0 atom stereocenters. The van der Waals surface area contributed by atoms with Crippen LogP contribution in [0.1, 0.15) is 66.3 Å². The second kappa shape index (κ2) is 9.88. The molecule has 35 heavy (non-hydrogen) atoms. The lowest BCUT2D eigenvalue weighted by molar-refractivity contribution is 0.102. The zero-order valence-electron chi connectivity index (χ0n) is 20.6. The first-order valence-electron chi connectivity index (χ1n) is 12.3. The molecule has 5 nitrogen and oxygen atoms in total. The van der Waals surface area contributed by atoms with Crippen LogP contribution in [0.3, 0.4) is 0 Å². The number of pyridine rings is 1. The first-order valence-corrected chi connectivity index (χ1v) is 13.2. The number of amides is 1. The largest absolute Gasteiger partial charge is 0.320 e. The van der Waals surface area contributed by atoms with Crippen LogP contribution in [0.15, 0.2) is 66.0 Å². The number of hydrogen-bond donors (Lipinski definition) is 1. The predicted molar refractivity (Wildman–Crippen MR) is 144 cm³/mol. The number of rotatable bonds is 5. The summed E-state index contributed by atoms with van der Waals surface area (Å²) in [5, 5.41) is 7.24. The molecule has 180 valence electrons. The minimum Gasteiger partial charge on any atom is -0.320 e. The molecule has 0 bridgehead atoms. The Morgan fingerprint density at radius 3 is 2.54 bits per heavy atom. The van der Waals surface area contributed by atoms with E-state index in [4.69, 9.17) is 9.97 Å². The van der Waals surface area contributed by atoms with Crippen molar-refractivity contribution in [3.63, 3.8) is 0 Å². The highest BCUT2D eigenvalue weighted by atomic mass is 32.1. The second-order valence-electron chi connectivity index (χ2n) is 10.4. The molecule has 1 saturated heterocycles. The summed E-state index contributed by atoms with van der Waals surface area (Å²) in [4.78, 5) is 25.0. The average Bonchev–Trinajstić information content (AvgIpc) is 3.35. The Balaban J connectivity index is 1.19. The van der Waals surface area contributed by atoms with Crippen molar-refractivity contribution in [2.24, 2.45) is 0 Å².